The van der Waals surface area contributed by atoms with Crippen molar-refractivity contribution in [3.8, 4) is 6.07 Å². The fourth-order valence-electron chi connectivity index (χ4n) is 2.28. The first-order valence-electron chi connectivity index (χ1n) is 7.69. The van der Waals surface area contributed by atoms with Crippen LogP contribution in [0.25, 0.3) is 0 Å². The van der Waals surface area contributed by atoms with Crippen molar-refractivity contribution in [3.05, 3.63) is 59.7 Å². The van der Waals surface area contributed by atoms with E-state index >= 15 is 0 Å². The Bertz CT molecular complexity index is 761. The molecule has 0 aliphatic carbocycles. The van der Waals surface area contributed by atoms with Crippen molar-refractivity contribution in [2.45, 2.75) is 26.2 Å². The molecule has 0 radical (unpaired) electrons. The highest BCUT2D eigenvalue weighted by atomic mass is 16.2. The minimum atomic E-state index is -0.354. The lowest BCUT2D eigenvalue weighted by atomic mass is 10.0. The Balaban J connectivity index is 1.85. The minimum Gasteiger partial charge on any atom is -0.326 e. The molecule has 0 spiro atoms. The molecule has 2 N–H and O–H groups in total. The Morgan fingerprint density at radius 2 is 1.54 bits per heavy atom. The molecular weight excluding hydrogens is 302 g/mol. The number of hydrogen-bond acceptors (Lipinski definition) is 3. The maximum Gasteiger partial charge on any atom is 0.238 e. The molecule has 122 valence electrons. The van der Waals surface area contributed by atoms with E-state index in [0.29, 0.717) is 24.2 Å². The Morgan fingerprint density at radius 1 is 0.958 bits per heavy atom. The number of amides is 2. The summed E-state index contributed by atoms with van der Waals surface area (Å²) in [7, 11) is 0. The maximum atomic E-state index is 12.0. The van der Waals surface area contributed by atoms with Crippen molar-refractivity contribution in [2.24, 2.45) is 0 Å². The summed E-state index contributed by atoms with van der Waals surface area (Å²) in [6.45, 7) is 2.03. The highest BCUT2D eigenvalue weighted by Crippen LogP contribution is 2.15. The van der Waals surface area contributed by atoms with Gasteiger partial charge in [-0.25, -0.2) is 0 Å². The van der Waals surface area contributed by atoms with Gasteiger partial charge in [0, 0.05) is 17.8 Å². The number of nitrogens with one attached hydrogen (secondary N) is 2. The summed E-state index contributed by atoms with van der Waals surface area (Å²) in [6, 6.07) is 16.6. The largest absolute Gasteiger partial charge is 0.326 e. The van der Waals surface area contributed by atoms with E-state index in [1.165, 1.54) is 11.1 Å². The van der Waals surface area contributed by atoms with Crippen LogP contribution in [-0.2, 0) is 16.0 Å². The van der Waals surface area contributed by atoms with Crippen molar-refractivity contribution in [1.82, 2.24) is 0 Å². The van der Waals surface area contributed by atoms with Crippen molar-refractivity contribution in [3.63, 3.8) is 0 Å². The van der Waals surface area contributed by atoms with Crippen molar-refractivity contribution >= 4 is 23.2 Å². The Labute approximate surface area is 141 Å². The second-order valence-corrected chi connectivity index (χ2v) is 5.44. The number of carbonyl (C=O) groups is 2. The third-order valence-electron chi connectivity index (χ3n) is 3.57. The van der Waals surface area contributed by atoms with E-state index < -0.39 is 0 Å². The number of nitriles is 1. The molecule has 2 amide bonds. The van der Waals surface area contributed by atoms with Crippen molar-refractivity contribution in [1.29, 1.82) is 5.26 Å². The summed E-state index contributed by atoms with van der Waals surface area (Å²) < 4.78 is 0. The van der Waals surface area contributed by atoms with E-state index in [2.05, 4.69) is 10.6 Å². The molecule has 0 bridgehead atoms. The third kappa shape index (κ3) is 5.25. The molecule has 2 aromatic carbocycles. The number of aryl methyl sites for hydroxylation is 2. The minimum absolute atomic E-state index is 0.0560. The van der Waals surface area contributed by atoms with E-state index in [9.17, 15) is 9.59 Å². The summed E-state index contributed by atoms with van der Waals surface area (Å²) in [5, 5.41) is 13.9. The quantitative estimate of drug-likeness (QED) is 0.855. The molecule has 0 atom stereocenters. The van der Waals surface area contributed by atoms with Crippen LogP contribution in [0, 0.1) is 18.3 Å². The molecule has 2 aromatic rings. The van der Waals surface area contributed by atoms with Gasteiger partial charge in [-0.1, -0.05) is 24.3 Å². The molecule has 2 rings (SSSR count). The van der Waals surface area contributed by atoms with Crippen LogP contribution in [0.1, 0.15) is 24.0 Å². The summed E-state index contributed by atoms with van der Waals surface area (Å²) in [4.78, 5) is 23.3. The summed E-state index contributed by atoms with van der Waals surface area (Å²) in [6.07, 6.45) is 0.920. The lowest BCUT2D eigenvalue weighted by Crippen LogP contribution is -2.13. The fourth-order valence-corrected chi connectivity index (χ4v) is 2.28. The molecule has 0 heterocycles. The van der Waals surface area contributed by atoms with Crippen LogP contribution < -0.4 is 10.6 Å². The number of hydrogen-bond donors (Lipinski definition) is 2. The zero-order chi connectivity index (χ0) is 17.4. The van der Waals surface area contributed by atoms with Crippen LogP contribution in [-0.4, -0.2) is 11.8 Å². The van der Waals surface area contributed by atoms with E-state index in [4.69, 9.17) is 5.26 Å². The lowest BCUT2D eigenvalue weighted by molar-refractivity contribution is -0.116. The molecule has 5 heteroatoms. The Kier molecular flexibility index (Phi) is 6.09. The van der Waals surface area contributed by atoms with Gasteiger partial charge in [-0.3, -0.25) is 9.59 Å². The third-order valence-corrected chi connectivity index (χ3v) is 3.57. The van der Waals surface area contributed by atoms with Gasteiger partial charge in [0.1, 0.15) is 6.42 Å². The first-order valence-corrected chi connectivity index (χ1v) is 7.69. The molecule has 0 saturated heterocycles. The van der Waals surface area contributed by atoms with Gasteiger partial charge in [0.05, 0.1) is 6.07 Å². The van der Waals surface area contributed by atoms with Gasteiger partial charge in [-0.2, -0.15) is 5.26 Å². The van der Waals surface area contributed by atoms with Crippen molar-refractivity contribution in [2.75, 3.05) is 10.6 Å². The number of nitrogens with zero attached hydrogens (tertiary/aromatic N) is 1. The molecule has 5 nitrogen and oxygen atoms in total. The normalized spacial score (nSPS) is 9.83. The zero-order valence-corrected chi connectivity index (χ0v) is 13.5. The topological polar surface area (TPSA) is 82.0 Å². The molecule has 0 aromatic heterocycles. The summed E-state index contributed by atoms with van der Waals surface area (Å²) in [5.74, 6) is -0.410. The second-order valence-electron chi connectivity index (χ2n) is 5.44. The van der Waals surface area contributed by atoms with E-state index in [0.717, 1.165) is 0 Å². The predicted octanol–water partition coefficient (Wildman–Crippen LogP) is 3.42. The number of anilines is 2. The number of rotatable bonds is 6. The van der Waals surface area contributed by atoms with Gasteiger partial charge in [-0.15, -0.1) is 0 Å². The van der Waals surface area contributed by atoms with Crippen LogP contribution in [0.4, 0.5) is 11.4 Å². The van der Waals surface area contributed by atoms with Gasteiger partial charge < -0.3 is 10.6 Å². The van der Waals surface area contributed by atoms with Gasteiger partial charge in [0.2, 0.25) is 11.8 Å². The van der Waals surface area contributed by atoms with E-state index in [1.54, 1.807) is 30.3 Å². The second kappa shape index (κ2) is 8.49. The van der Waals surface area contributed by atoms with Crippen molar-refractivity contribution < 1.29 is 9.59 Å². The lowest BCUT2D eigenvalue weighted by Gasteiger charge is -2.08. The Morgan fingerprint density at radius 3 is 2.12 bits per heavy atom. The zero-order valence-electron chi connectivity index (χ0n) is 13.5. The standard InChI is InChI=1S/C19H19N3O2/c1-14-4-2-3-5-15(14)6-11-18(23)21-16-7-9-17(10-8-16)22-19(24)12-13-20/h2-5,7-10H,6,11-12H2,1H3,(H,21,23)(H,22,24). The van der Waals surface area contributed by atoms with Gasteiger partial charge in [0.15, 0.2) is 0 Å². The molecular formula is C19H19N3O2. The summed E-state index contributed by atoms with van der Waals surface area (Å²) >= 11 is 0. The Hall–Kier alpha value is -3.13. The van der Waals surface area contributed by atoms with Crippen LogP contribution in [0.5, 0.6) is 0 Å². The molecule has 0 saturated carbocycles. The van der Waals surface area contributed by atoms with Crippen LogP contribution in [0.3, 0.4) is 0 Å². The smallest absolute Gasteiger partial charge is 0.238 e. The SMILES string of the molecule is Cc1ccccc1CCC(=O)Nc1ccc(NC(=O)CC#N)cc1. The monoisotopic (exact) mass is 321 g/mol. The van der Waals surface area contributed by atoms with E-state index in [-0.39, 0.29) is 18.2 Å². The highest BCUT2D eigenvalue weighted by molar-refractivity contribution is 5.93. The number of carbonyl (C=O) groups excluding carboxylic acids is 2. The predicted molar refractivity (Wildman–Crippen MR) is 93.4 cm³/mol. The molecule has 24 heavy (non-hydrogen) atoms. The average molecular weight is 321 g/mol. The highest BCUT2D eigenvalue weighted by Gasteiger charge is 2.06. The molecule has 0 unspecified atom stereocenters. The summed E-state index contributed by atoms with van der Waals surface area (Å²) in [5.41, 5.74) is 3.61. The number of benzene rings is 2. The van der Waals surface area contributed by atoms with Gasteiger partial charge in [0.25, 0.3) is 0 Å². The van der Waals surface area contributed by atoms with Crippen LogP contribution in [0.15, 0.2) is 48.5 Å². The first kappa shape index (κ1) is 17.2. The first-order chi connectivity index (χ1) is 11.6. The van der Waals surface area contributed by atoms with Gasteiger partial charge in [-0.05, 0) is 48.7 Å². The molecule has 0 aliphatic heterocycles. The van der Waals surface area contributed by atoms with Gasteiger partial charge >= 0.3 is 0 Å². The van der Waals surface area contributed by atoms with E-state index in [1.807, 2.05) is 31.2 Å². The fraction of sp³-hybridized carbons (Fsp3) is 0.211. The maximum absolute atomic E-state index is 12.0. The van der Waals surface area contributed by atoms with Crippen LogP contribution >= 0.6 is 0 Å². The van der Waals surface area contributed by atoms with Crippen LogP contribution in [0.2, 0.25) is 0 Å². The molecule has 0 aliphatic rings. The average Bonchev–Trinajstić information content (AvgIpc) is 2.56. The molecule has 0 fully saturated rings.